The second-order valence-electron chi connectivity index (χ2n) is 7.61. The lowest BCUT2D eigenvalue weighted by Gasteiger charge is -2.36. The maximum Gasteiger partial charge on any atom is 0.254 e. The summed E-state index contributed by atoms with van der Waals surface area (Å²) in [6.07, 6.45) is 4.25. The second-order valence-corrected chi connectivity index (χ2v) is 7.61. The van der Waals surface area contributed by atoms with Crippen molar-refractivity contribution in [3.63, 3.8) is 0 Å². The predicted molar refractivity (Wildman–Crippen MR) is 116 cm³/mol. The van der Waals surface area contributed by atoms with E-state index in [-0.39, 0.29) is 23.0 Å². The molecule has 7 nitrogen and oxygen atoms in total. The molecule has 1 N–H and O–H groups in total. The van der Waals surface area contributed by atoms with Crippen LogP contribution in [0.4, 0.5) is 14.6 Å². The molecule has 0 radical (unpaired) electrons. The molecule has 1 aliphatic heterocycles. The predicted octanol–water partition coefficient (Wildman–Crippen LogP) is 4.03. The number of rotatable bonds is 6. The SMILES string of the molecule is COc1ccc(C(=O)N2CCCC[C@H]2CNc2cnc3cc(F)c(F)cc3n2)cc1OC. The summed E-state index contributed by atoms with van der Waals surface area (Å²) in [6, 6.07) is 7.12. The van der Waals surface area contributed by atoms with Gasteiger partial charge >= 0.3 is 0 Å². The van der Waals surface area contributed by atoms with Crippen molar-refractivity contribution in [3.8, 4) is 11.5 Å². The lowest BCUT2D eigenvalue weighted by atomic mass is 10.0. The largest absolute Gasteiger partial charge is 0.493 e. The Morgan fingerprint density at radius 3 is 2.59 bits per heavy atom. The number of ether oxygens (including phenoxy) is 2. The topological polar surface area (TPSA) is 76.6 Å². The summed E-state index contributed by atoms with van der Waals surface area (Å²) in [7, 11) is 3.08. The quantitative estimate of drug-likeness (QED) is 0.621. The van der Waals surface area contributed by atoms with E-state index in [1.54, 1.807) is 25.3 Å². The summed E-state index contributed by atoms with van der Waals surface area (Å²) < 4.78 is 37.5. The molecule has 2 heterocycles. The fraction of sp³-hybridized carbons (Fsp3) is 0.348. The molecule has 3 aromatic rings. The van der Waals surface area contributed by atoms with E-state index in [0.717, 1.165) is 31.4 Å². The Labute approximate surface area is 184 Å². The number of amides is 1. The van der Waals surface area contributed by atoms with Gasteiger partial charge in [-0.25, -0.2) is 13.8 Å². The molecule has 1 saturated heterocycles. The van der Waals surface area contributed by atoms with Crippen LogP contribution >= 0.6 is 0 Å². The van der Waals surface area contributed by atoms with Crippen molar-refractivity contribution in [2.45, 2.75) is 25.3 Å². The van der Waals surface area contributed by atoms with Crippen LogP contribution in [0.1, 0.15) is 29.6 Å². The molecule has 168 valence electrons. The number of nitrogens with one attached hydrogen (secondary N) is 1. The van der Waals surface area contributed by atoms with Gasteiger partial charge in [-0.3, -0.25) is 9.78 Å². The van der Waals surface area contributed by atoms with Crippen LogP contribution in [0.5, 0.6) is 11.5 Å². The highest BCUT2D eigenvalue weighted by Crippen LogP contribution is 2.29. The third-order valence-electron chi connectivity index (χ3n) is 5.62. The molecule has 1 aliphatic rings. The van der Waals surface area contributed by atoms with Gasteiger partial charge in [0, 0.05) is 36.8 Å². The van der Waals surface area contributed by atoms with E-state index in [9.17, 15) is 13.6 Å². The van der Waals surface area contributed by atoms with Crippen molar-refractivity contribution in [2.75, 3.05) is 32.6 Å². The molecule has 4 rings (SSSR count). The van der Waals surface area contributed by atoms with Crippen LogP contribution in [-0.2, 0) is 0 Å². The first-order valence-corrected chi connectivity index (χ1v) is 10.4. The zero-order valence-corrected chi connectivity index (χ0v) is 17.9. The van der Waals surface area contributed by atoms with Crippen molar-refractivity contribution >= 4 is 22.8 Å². The maximum absolute atomic E-state index is 13.5. The fourth-order valence-electron chi connectivity index (χ4n) is 3.93. The smallest absolute Gasteiger partial charge is 0.254 e. The summed E-state index contributed by atoms with van der Waals surface area (Å²) in [5.41, 5.74) is 1.06. The minimum Gasteiger partial charge on any atom is -0.493 e. The highest BCUT2D eigenvalue weighted by atomic mass is 19.2. The molecular weight excluding hydrogens is 418 g/mol. The van der Waals surface area contributed by atoms with E-state index in [2.05, 4.69) is 15.3 Å². The first kappa shape index (κ1) is 21.7. The molecule has 32 heavy (non-hydrogen) atoms. The number of aromatic nitrogens is 2. The number of fused-ring (bicyclic) bond motifs is 1. The van der Waals surface area contributed by atoms with E-state index in [1.807, 2.05) is 4.90 Å². The Hall–Kier alpha value is -3.49. The number of piperidine rings is 1. The molecule has 1 aromatic heterocycles. The summed E-state index contributed by atoms with van der Waals surface area (Å²) in [5, 5.41) is 3.19. The zero-order chi connectivity index (χ0) is 22.7. The van der Waals surface area contributed by atoms with Crippen LogP contribution in [0.2, 0.25) is 0 Å². The molecule has 9 heteroatoms. The monoisotopic (exact) mass is 442 g/mol. The van der Waals surface area contributed by atoms with E-state index < -0.39 is 11.6 Å². The molecule has 0 spiro atoms. The van der Waals surface area contributed by atoms with Gasteiger partial charge in [-0.05, 0) is 37.5 Å². The third-order valence-corrected chi connectivity index (χ3v) is 5.62. The van der Waals surface area contributed by atoms with E-state index in [4.69, 9.17) is 9.47 Å². The number of halogens is 2. The molecule has 1 fully saturated rings. The molecule has 0 aliphatic carbocycles. The van der Waals surface area contributed by atoms with Crippen molar-refractivity contribution in [2.24, 2.45) is 0 Å². The molecular formula is C23H24F2N4O3. The average Bonchev–Trinajstić information content (AvgIpc) is 2.82. The Balaban J connectivity index is 1.49. The Bertz CT molecular complexity index is 1140. The number of methoxy groups -OCH3 is 2. The van der Waals surface area contributed by atoms with Crippen molar-refractivity contribution in [1.29, 1.82) is 0 Å². The number of likely N-dealkylation sites (tertiary alicyclic amines) is 1. The number of carbonyl (C=O) groups is 1. The summed E-state index contributed by atoms with van der Waals surface area (Å²) in [6.45, 7) is 1.11. The molecule has 2 aromatic carbocycles. The number of anilines is 1. The Kier molecular flexibility index (Phi) is 6.34. The van der Waals surface area contributed by atoms with Crippen LogP contribution in [0.25, 0.3) is 11.0 Å². The van der Waals surface area contributed by atoms with Crippen LogP contribution < -0.4 is 14.8 Å². The van der Waals surface area contributed by atoms with Gasteiger partial charge in [0.2, 0.25) is 0 Å². The third kappa shape index (κ3) is 4.42. The molecule has 0 saturated carbocycles. The van der Waals surface area contributed by atoms with Crippen LogP contribution in [-0.4, -0.2) is 54.1 Å². The van der Waals surface area contributed by atoms with Crippen LogP contribution in [0.15, 0.2) is 36.5 Å². The van der Waals surface area contributed by atoms with Gasteiger partial charge in [-0.15, -0.1) is 0 Å². The van der Waals surface area contributed by atoms with Gasteiger partial charge < -0.3 is 19.7 Å². The van der Waals surface area contributed by atoms with Gasteiger partial charge in [0.25, 0.3) is 5.91 Å². The lowest BCUT2D eigenvalue weighted by molar-refractivity contribution is 0.0628. The standard InChI is InChI=1S/C23H24F2N4O3/c1-31-20-7-6-14(9-21(20)32-2)23(30)29-8-4-3-5-15(29)12-27-22-13-26-18-10-16(24)17(25)11-19(18)28-22/h6-7,9-11,13,15H,3-5,8,12H2,1-2H3,(H,27,28)/t15-/m0/s1. The van der Waals surface area contributed by atoms with Gasteiger partial charge in [-0.1, -0.05) is 0 Å². The molecule has 1 amide bonds. The summed E-state index contributed by atoms with van der Waals surface area (Å²) >= 11 is 0. The Morgan fingerprint density at radius 2 is 1.84 bits per heavy atom. The van der Waals surface area contributed by atoms with Crippen molar-refractivity contribution < 1.29 is 23.0 Å². The molecule has 0 bridgehead atoms. The first-order chi connectivity index (χ1) is 15.5. The van der Waals surface area contributed by atoms with Crippen molar-refractivity contribution in [1.82, 2.24) is 14.9 Å². The Morgan fingerprint density at radius 1 is 1.09 bits per heavy atom. The fourth-order valence-corrected chi connectivity index (χ4v) is 3.93. The number of hydrogen-bond donors (Lipinski definition) is 1. The first-order valence-electron chi connectivity index (χ1n) is 10.4. The molecule has 0 unspecified atom stereocenters. The maximum atomic E-state index is 13.5. The molecule has 1 atom stereocenters. The highest BCUT2D eigenvalue weighted by molar-refractivity contribution is 5.95. The number of carbonyl (C=O) groups excluding carboxylic acids is 1. The van der Waals surface area contributed by atoms with Crippen LogP contribution in [0.3, 0.4) is 0 Å². The van der Waals surface area contributed by atoms with E-state index >= 15 is 0 Å². The summed E-state index contributed by atoms with van der Waals surface area (Å²) in [4.78, 5) is 23.5. The number of benzene rings is 2. The summed E-state index contributed by atoms with van der Waals surface area (Å²) in [5.74, 6) is -0.513. The zero-order valence-electron chi connectivity index (χ0n) is 17.9. The second kappa shape index (κ2) is 9.33. The minimum absolute atomic E-state index is 0.0493. The number of nitrogens with zero attached hydrogens (tertiary/aromatic N) is 3. The normalized spacial score (nSPS) is 16.1. The average molecular weight is 442 g/mol. The van der Waals surface area contributed by atoms with Crippen LogP contribution in [0, 0.1) is 11.6 Å². The number of hydrogen-bond acceptors (Lipinski definition) is 6. The van der Waals surface area contributed by atoms with E-state index in [0.29, 0.717) is 36.0 Å². The van der Waals surface area contributed by atoms with Crippen molar-refractivity contribution in [3.05, 3.63) is 53.7 Å². The minimum atomic E-state index is -0.970. The lowest BCUT2D eigenvalue weighted by Crippen LogP contribution is -2.47. The van der Waals surface area contributed by atoms with Gasteiger partial charge in [0.05, 0.1) is 31.4 Å². The van der Waals surface area contributed by atoms with Gasteiger partial charge in [-0.2, -0.15) is 0 Å². The highest BCUT2D eigenvalue weighted by Gasteiger charge is 2.28. The van der Waals surface area contributed by atoms with E-state index in [1.165, 1.54) is 13.3 Å². The van der Waals surface area contributed by atoms with Gasteiger partial charge in [0.15, 0.2) is 23.1 Å². The van der Waals surface area contributed by atoms with Gasteiger partial charge in [0.1, 0.15) is 5.82 Å².